The van der Waals surface area contributed by atoms with Gasteiger partial charge in [0.05, 0.1) is 0 Å². The van der Waals surface area contributed by atoms with Crippen molar-refractivity contribution in [1.29, 1.82) is 0 Å². The molecule has 0 bridgehead atoms. The van der Waals surface area contributed by atoms with Crippen LogP contribution < -0.4 is 15.1 Å². The highest BCUT2D eigenvalue weighted by molar-refractivity contribution is 7.10. The molecule has 1 aliphatic rings. The topological polar surface area (TPSA) is 87.1 Å². The fourth-order valence-electron chi connectivity index (χ4n) is 2.22. The second-order valence-electron chi connectivity index (χ2n) is 4.53. The number of hydrogen-bond acceptors (Lipinski definition) is 8. The fourth-order valence-corrected chi connectivity index (χ4v) is 2.94. The fraction of sp³-hybridized carbons (Fsp3) is 0.417. The Morgan fingerprint density at radius 1 is 1.19 bits per heavy atom. The second-order valence-corrected chi connectivity index (χ2v) is 5.26. The molecule has 0 saturated carbocycles. The van der Waals surface area contributed by atoms with Gasteiger partial charge in [0.2, 0.25) is 5.95 Å². The van der Waals surface area contributed by atoms with Crippen LogP contribution in [-0.4, -0.2) is 58.7 Å². The van der Waals surface area contributed by atoms with Crippen LogP contribution in [0.25, 0.3) is 0 Å². The van der Waals surface area contributed by atoms with Crippen molar-refractivity contribution in [3.8, 4) is 0 Å². The van der Waals surface area contributed by atoms with Crippen LogP contribution in [0, 0.1) is 0 Å². The zero-order valence-corrected chi connectivity index (χ0v) is 12.4. The van der Waals surface area contributed by atoms with E-state index in [-0.39, 0.29) is 5.91 Å². The summed E-state index contributed by atoms with van der Waals surface area (Å²) >= 11 is 1.25. The van der Waals surface area contributed by atoms with Crippen molar-refractivity contribution < 1.29 is 4.79 Å². The normalized spacial score (nSPS) is 15.1. The van der Waals surface area contributed by atoms with Gasteiger partial charge in [-0.1, -0.05) is 4.49 Å². The van der Waals surface area contributed by atoms with E-state index in [1.54, 1.807) is 25.5 Å². The van der Waals surface area contributed by atoms with E-state index in [1.165, 1.54) is 11.5 Å². The molecule has 1 N–H and O–H groups in total. The summed E-state index contributed by atoms with van der Waals surface area (Å²) in [5.74, 6) is 0.540. The molecule has 21 heavy (non-hydrogen) atoms. The summed E-state index contributed by atoms with van der Waals surface area (Å²) < 4.78 is 3.89. The minimum absolute atomic E-state index is 0.201. The Hall–Kier alpha value is -2.29. The molecule has 8 nitrogen and oxygen atoms in total. The van der Waals surface area contributed by atoms with Crippen molar-refractivity contribution in [3.63, 3.8) is 0 Å². The molecule has 9 heteroatoms. The van der Waals surface area contributed by atoms with Gasteiger partial charge >= 0.3 is 0 Å². The average Bonchev–Trinajstić information content (AvgIpc) is 3.05. The molecule has 0 spiro atoms. The molecule has 1 amide bonds. The van der Waals surface area contributed by atoms with E-state index < -0.39 is 0 Å². The summed E-state index contributed by atoms with van der Waals surface area (Å²) in [5, 5.41) is 7.33. The average molecular weight is 305 g/mol. The maximum atomic E-state index is 11.8. The highest BCUT2D eigenvalue weighted by Crippen LogP contribution is 2.25. The van der Waals surface area contributed by atoms with Crippen LogP contribution in [0.2, 0.25) is 0 Å². The molecule has 3 rings (SSSR count). The number of amides is 1. The summed E-state index contributed by atoms with van der Waals surface area (Å²) in [4.78, 5) is 24.5. The smallest absolute Gasteiger partial charge is 0.274 e. The van der Waals surface area contributed by atoms with Gasteiger partial charge in [0.1, 0.15) is 5.00 Å². The predicted molar refractivity (Wildman–Crippen MR) is 79.8 cm³/mol. The Morgan fingerprint density at radius 3 is 2.52 bits per heavy atom. The van der Waals surface area contributed by atoms with E-state index >= 15 is 0 Å². The van der Waals surface area contributed by atoms with Crippen LogP contribution in [0.15, 0.2) is 18.5 Å². The van der Waals surface area contributed by atoms with E-state index in [0.29, 0.717) is 5.69 Å². The lowest BCUT2D eigenvalue weighted by atomic mass is 10.3. The number of aromatic nitrogens is 4. The molecule has 0 unspecified atom stereocenters. The van der Waals surface area contributed by atoms with E-state index in [0.717, 1.165) is 37.1 Å². The molecule has 1 fully saturated rings. The molecule has 0 aromatic carbocycles. The van der Waals surface area contributed by atoms with Crippen molar-refractivity contribution in [2.75, 3.05) is 43.0 Å². The molecule has 0 radical (unpaired) electrons. The van der Waals surface area contributed by atoms with Gasteiger partial charge in [-0.15, -0.1) is 5.10 Å². The van der Waals surface area contributed by atoms with Crippen molar-refractivity contribution in [3.05, 3.63) is 24.2 Å². The SMILES string of the molecule is CNC(=O)c1nnsc1N1CCN(c2ncccn2)CC1. The lowest BCUT2D eigenvalue weighted by molar-refractivity contribution is 0.0958. The Bertz CT molecular complexity index is 609. The molecule has 1 saturated heterocycles. The van der Waals surface area contributed by atoms with Gasteiger partial charge in [0.15, 0.2) is 5.69 Å². The maximum absolute atomic E-state index is 11.8. The van der Waals surface area contributed by atoms with Gasteiger partial charge in [-0.2, -0.15) is 0 Å². The van der Waals surface area contributed by atoms with Crippen LogP contribution in [-0.2, 0) is 0 Å². The maximum Gasteiger partial charge on any atom is 0.274 e. The van der Waals surface area contributed by atoms with E-state index in [1.807, 2.05) is 0 Å². The summed E-state index contributed by atoms with van der Waals surface area (Å²) in [6, 6.07) is 1.80. The molecule has 2 aromatic rings. The molecular weight excluding hydrogens is 290 g/mol. The first-order valence-corrected chi connectivity index (χ1v) is 7.38. The lowest BCUT2D eigenvalue weighted by Crippen LogP contribution is -2.47. The first-order chi connectivity index (χ1) is 10.3. The van der Waals surface area contributed by atoms with Gasteiger partial charge in [0.25, 0.3) is 5.91 Å². The van der Waals surface area contributed by atoms with E-state index in [9.17, 15) is 4.79 Å². The summed E-state index contributed by atoms with van der Waals surface area (Å²) in [5.41, 5.74) is 0.395. The van der Waals surface area contributed by atoms with Crippen LogP contribution in [0.1, 0.15) is 10.5 Å². The zero-order chi connectivity index (χ0) is 14.7. The Kier molecular flexibility index (Phi) is 3.91. The number of carbonyl (C=O) groups excluding carboxylic acids is 1. The molecule has 1 aliphatic heterocycles. The molecule has 0 atom stereocenters. The van der Waals surface area contributed by atoms with E-state index in [4.69, 9.17) is 0 Å². The van der Waals surface area contributed by atoms with Gasteiger partial charge < -0.3 is 15.1 Å². The molecular formula is C12H15N7OS. The number of piperazine rings is 1. The number of rotatable bonds is 3. The van der Waals surface area contributed by atoms with Crippen molar-refractivity contribution in [1.82, 2.24) is 24.9 Å². The Balaban J connectivity index is 1.69. The number of anilines is 2. The number of nitrogens with one attached hydrogen (secondary N) is 1. The van der Waals surface area contributed by atoms with Gasteiger partial charge in [-0.25, -0.2) is 9.97 Å². The van der Waals surface area contributed by atoms with Crippen LogP contribution in [0.4, 0.5) is 10.9 Å². The van der Waals surface area contributed by atoms with Crippen molar-refractivity contribution in [2.24, 2.45) is 0 Å². The predicted octanol–water partition coefficient (Wildman–Crippen LogP) is 0.0143. The highest BCUT2D eigenvalue weighted by Gasteiger charge is 2.25. The van der Waals surface area contributed by atoms with Gasteiger partial charge in [0, 0.05) is 57.2 Å². The standard InChI is InChI=1S/C12H15N7OS/c1-13-10(20)9-11(21-17-16-9)18-5-7-19(8-6-18)12-14-3-2-4-15-12/h2-4H,5-8H2,1H3,(H,13,20). The number of nitrogens with zero attached hydrogens (tertiary/aromatic N) is 6. The van der Waals surface area contributed by atoms with Crippen LogP contribution in [0.5, 0.6) is 0 Å². The largest absolute Gasteiger partial charge is 0.357 e. The highest BCUT2D eigenvalue weighted by atomic mass is 32.1. The first kappa shape index (κ1) is 13.7. The quantitative estimate of drug-likeness (QED) is 0.855. The van der Waals surface area contributed by atoms with Crippen molar-refractivity contribution in [2.45, 2.75) is 0 Å². The van der Waals surface area contributed by atoms with Crippen LogP contribution >= 0.6 is 11.5 Å². The third-order valence-corrected chi connectivity index (χ3v) is 4.10. The molecule has 0 aliphatic carbocycles. The second kappa shape index (κ2) is 6.00. The minimum Gasteiger partial charge on any atom is -0.357 e. The monoisotopic (exact) mass is 305 g/mol. The third kappa shape index (κ3) is 2.77. The third-order valence-electron chi connectivity index (χ3n) is 3.31. The molecule has 110 valence electrons. The van der Waals surface area contributed by atoms with E-state index in [2.05, 4.69) is 34.7 Å². The summed E-state index contributed by atoms with van der Waals surface area (Å²) in [6.45, 7) is 3.17. The molecule has 3 heterocycles. The lowest BCUT2D eigenvalue weighted by Gasteiger charge is -2.35. The first-order valence-electron chi connectivity index (χ1n) is 6.61. The van der Waals surface area contributed by atoms with Crippen molar-refractivity contribution >= 4 is 28.4 Å². The Labute approximate surface area is 126 Å². The summed E-state index contributed by atoms with van der Waals surface area (Å²) in [7, 11) is 1.59. The minimum atomic E-state index is -0.201. The van der Waals surface area contributed by atoms with Gasteiger partial charge in [-0.3, -0.25) is 4.79 Å². The van der Waals surface area contributed by atoms with Crippen LogP contribution in [0.3, 0.4) is 0 Å². The Morgan fingerprint density at radius 2 is 1.86 bits per heavy atom. The summed E-state index contributed by atoms with van der Waals surface area (Å²) in [6.07, 6.45) is 3.48. The molecule has 2 aromatic heterocycles. The number of carbonyl (C=O) groups is 1. The van der Waals surface area contributed by atoms with Gasteiger partial charge in [-0.05, 0) is 6.07 Å². The zero-order valence-electron chi connectivity index (χ0n) is 11.6. The number of hydrogen-bond donors (Lipinski definition) is 1.